The minimum absolute atomic E-state index is 0.250. The first-order chi connectivity index (χ1) is 6.99. The van der Waals surface area contributed by atoms with Gasteiger partial charge in [-0.05, 0) is 32.9 Å². The molecule has 0 aromatic heterocycles. The lowest BCUT2D eigenvalue weighted by atomic mass is 10.1. The van der Waals surface area contributed by atoms with Crippen LogP contribution in [-0.2, 0) is 0 Å². The Morgan fingerprint density at radius 1 is 1.20 bits per heavy atom. The first-order valence-electron chi connectivity index (χ1n) is 4.76. The van der Waals surface area contributed by atoms with E-state index in [1.165, 1.54) is 0 Å². The van der Waals surface area contributed by atoms with Crippen LogP contribution in [0.2, 0.25) is 0 Å². The van der Waals surface area contributed by atoms with Gasteiger partial charge >= 0.3 is 0 Å². The van der Waals surface area contributed by atoms with E-state index >= 15 is 0 Å². The summed E-state index contributed by atoms with van der Waals surface area (Å²) in [7, 11) is 0. The summed E-state index contributed by atoms with van der Waals surface area (Å²) >= 11 is 0. The highest BCUT2D eigenvalue weighted by Gasteiger charge is 2.05. The van der Waals surface area contributed by atoms with Crippen LogP contribution in [0.1, 0.15) is 31.1 Å². The number of nitrogens with zero attached hydrogens (tertiary/aromatic N) is 2. The maximum Gasteiger partial charge on any atom is 0.286 e. The molecule has 0 unspecified atom stereocenters. The molecular weight excluding hydrogens is 188 g/mol. The fraction of sp³-hybridized carbons (Fsp3) is 0.333. The van der Waals surface area contributed by atoms with Crippen LogP contribution in [-0.4, -0.2) is 17.5 Å². The van der Waals surface area contributed by atoms with Crippen molar-refractivity contribution in [2.24, 2.45) is 9.98 Å². The number of hydrogen-bond acceptors (Lipinski definition) is 2. The molecule has 3 nitrogen and oxygen atoms in total. The predicted molar refractivity (Wildman–Crippen MR) is 60.4 cm³/mol. The Kier molecular flexibility index (Phi) is 3.53. The molecule has 78 valence electrons. The highest BCUT2D eigenvalue weighted by atomic mass is 16.1. The molecular formula is C12H14N2O. The maximum atomic E-state index is 11.4. The minimum Gasteiger partial charge on any atom is -0.266 e. The molecule has 15 heavy (non-hydrogen) atoms. The minimum atomic E-state index is -0.316. The monoisotopic (exact) mass is 202 g/mol. The van der Waals surface area contributed by atoms with Gasteiger partial charge in [-0.25, -0.2) is 4.99 Å². The van der Waals surface area contributed by atoms with Crippen molar-refractivity contribution in [3.8, 4) is 0 Å². The van der Waals surface area contributed by atoms with Crippen molar-refractivity contribution >= 4 is 11.9 Å². The summed E-state index contributed by atoms with van der Waals surface area (Å²) < 4.78 is 0. The molecule has 0 atom stereocenters. The van der Waals surface area contributed by atoms with Crippen LogP contribution in [0.4, 0.5) is 0 Å². The van der Waals surface area contributed by atoms with Gasteiger partial charge in [0.1, 0.15) is 0 Å². The van der Waals surface area contributed by atoms with Crippen LogP contribution in [0.3, 0.4) is 0 Å². The third-order valence-corrected chi connectivity index (χ3v) is 1.56. The van der Waals surface area contributed by atoms with Crippen LogP contribution in [0.5, 0.6) is 0 Å². The number of carbonyl (C=O) groups is 1. The van der Waals surface area contributed by atoms with Crippen molar-refractivity contribution in [2.75, 3.05) is 0 Å². The van der Waals surface area contributed by atoms with Gasteiger partial charge in [-0.3, -0.25) is 4.79 Å². The van der Waals surface area contributed by atoms with Crippen molar-refractivity contribution in [3.63, 3.8) is 0 Å². The Bertz CT molecular complexity index is 395. The largest absolute Gasteiger partial charge is 0.286 e. The molecule has 0 aliphatic rings. The molecule has 0 heterocycles. The summed E-state index contributed by atoms with van der Waals surface area (Å²) in [5.74, 6) is -0.316. The lowest BCUT2D eigenvalue weighted by molar-refractivity contribution is 0.100. The standard InChI is InChI=1S/C12H14N2O/c1-12(2,3)14-9-13-11(15)10-7-5-4-6-8-10/h4-8H,1-3H3. The van der Waals surface area contributed by atoms with E-state index < -0.39 is 0 Å². The molecule has 0 aliphatic carbocycles. The van der Waals surface area contributed by atoms with Crippen LogP contribution in [0, 0.1) is 0 Å². The van der Waals surface area contributed by atoms with E-state index in [0.717, 1.165) is 0 Å². The number of carbonyl (C=O) groups excluding carboxylic acids is 1. The average molecular weight is 202 g/mol. The number of aliphatic imine (C=N–C) groups is 2. The molecule has 1 aromatic carbocycles. The molecule has 0 saturated heterocycles. The molecule has 0 N–H and O–H groups in total. The van der Waals surface area contributed by atoms with Gasteiger partial charge in [0.15, 0.2) is 0 Å². The van der Waals surface area contributed by atoms with E-state index in [-0.39, 0.29) is 11.4 Å². The van der Waals surface area contributed by atoms with Gasteiger partial charge in [0, 0.05) is 5.56 Å². The smallest absolute Gasteiger partial charge is 0.266 e. The molecule has 1 aromatic rings. The molecule has 0 fully saturated rings. The molecule has 1 rings (SSSR count). The second-order valence-electron chi connectivity index (χ2n) is 4.17. The van der Waals surface area contributed by atoms with Crippen molar-refractivity contribution in [3.05, 3.63) is 35.9 Å². The van der Waals surface area contributed by atoms with Gasteiger partial charge in [-0.2, -0.15) is 0 Å². The summed E-state index contributed by atoms with van der Waals surface area (Å²) in [6.07, 6.45) is 0. The molecule has 0 aliphatic heterocycles. The molecule has 0 saturated carbocycles. The van der Waals surface area contributed by atoms with Gasteiger partial charge in [0.2, 0.25) is 0 Å². The molecule has 1 amide bonds. The summed E-state index contributed by atoms with van der Waals surface area (Å²) in [4.78, 5) is 19.1. The lowest BCUT2D eigenvalue weighted by Crippen LogP contribution is -2.08. The Labute approximate surface area is 89.6 Å². The Hall–Kier alpha value is -1.73. The third kappa shape index (κ3) is 4.34. The van der Waals surface area contributed by atoms with Gasteiger partial charge in [0.05, 0.1) is 11.5 Å². The molecule has 0 spiro atoms. The van der Waals surface area contributed by atoms with E-state index in [0.29, 0.717) is 5.56 Å². The third-order valence-electron chi connectivity index (χ3n) is 1.56. The predicted octanol–water partition coefficient (Wildman–Crippen LogP) is 2.80. The van der Waals surface area contributed by atoms with Gasteiger partial charge in [0.25, 0.3) is 5.91 Å². The first kappa shape index (κ1) is 11.3. The second kappa shape index (κ2) is 4.67. The van der Waals surface area contributed by atoms with Crippen molar-refractivity contribution < 1.29 is 4.79 Å². The highest BCUT2D eigenvalue weighted by Crippen LogP contribution is 2.04. The van der Waals surface area contributed by atoms with E-state index in [4.69, 9.17) is 0 Å². The zero-order chi connectivity index (χ0) is 11.3. The Morgan fingerprint density at radius 2 is 1.80 bits per heavy atom. The van der Waals surface area contributed by atoms with E-state index in [1.807, 2.05) is 26.8 Å². The molecule has 3 heteroatoms. The Morgan fingerprint density at radius 3 is 2.33 bits per heavy atom. The van der Waals surface area contributed by atoms with E-state index in [9.17, 15) is 4.79 Å². The topological polar surface area (TPSA) is 41.8 Å². The molecule has 0 radical (unpaired) electrons. The lowest BCUT2D eigenvalue weighted by Gasteiger charge is -2.06. The van der Waals surface area contributed by atoms with Gasteiger partial charge < -0.3 is 0 Å². The number of rotatable bonds is 1. The van der Waals surface area contributed by atoms with Crippen LogP contribution < -0.4 is 0 Å². The second-order valence-corrected chi connectivity index (χ2v) is 4.17. The number of benzene rings is 1. The van der Waals surface area contributed by atoms with Crippen molar-refractivity contribution in [2.45, 2.75) is 26.3 Å². The van der Waals surface area contributed by atoms with Crippen LogP contribution in [0.25, 0.3) is 0 Å². The Balaban J connectivity index is 2.77. The summed E-state index contributed by atoms with van der Waals surface area (Å²) in [5, 5.41) is 0. The number of hydrogen-bond donors (Lipinski definition) is 0. The van der Waals surface area contributed by atoms with Crippen molar-refractivity contribution in [1.82, 2.24) is 0 Å². The quantitative estimate of drug-likeness (QED) is 0.645. The zero-order valence-electron chi connectivity index (χ0n) is 9.19. The van der Waals surface area contributed by atoms with Gasteiger partial charge in [-0.15, -0.1) is 4.99 Å². The summed E-state index contributed by atoms with van der Waals surface area (Å²) in [5.41, 5.74) is 0.301. The SMILES string of the molecule is CC(C)(C)N=C=NC(=O)c1ccccc1. The summed E-state index contributed by atoms with van der Waals surface area (Å²) in [6.45, 7) is 5.76. The van der Waals surface area contributed by atoms with Gasteiger partial charge in [-0.1, -0.05) is 18.2 Å². The summed E-state index contributed by atoms with van der Waals surface area (Å²) in [6, 6.07) is 11.3. The van der Waals surface area contributed by atoms with E-state index in [1.54, 1.807) is 24.3 Å². The first-order valence-corrected chi connectivity index (χ1v) is 4.76. The molecule has 0 bridgehead atoms. The van der Waals surface area contributed by atoms with E-state index in [2.05, 4.69) is 16.0 Å². The highest BCUT2D eigenvalue weighted by molar-refractivity contribution is 5.97. The average Bonchev–Trinajstić information content (AvgIpc) is 2.17. The zero-order valence-corrected chi connectivity index (χ0v) is 9.19. The fourth-order valence-corrected chi connectivity index (χ4v) is 0.866. The van der Waals surface area contributed by atoms with Crippen LogP contribution in [0.15, 0.2) is 40.3 Å². The number of amides is 1. The normalized spacial score (nSPS) is 10.3. The van der Waals surface area contributed by atoms with Crippen molar-refractivity contribution in [1.29, 1.82) is 0 Å². The fourth-order valence-electron chi connectivity index (χ4n) is 0.866. The van der Waals surface area contributed by atoms with Crippen LogP contribution >= 0.6 is 0 Å². The maximum absolute atomic E-state index is 11.4.